The fourth-order valence-corrected chi connectivity index (χ4v) is 5.58. The number of benzene rings is 2. The zero-order chi connectivity index (χ0) is 23.4. The van der Waals surface area contributed by atoms with Crippen LogP contribution in [0.5, 0.6) is 11.5 Å². The summed E-state index contributed by atoms with van der Waals surface area (Å²) < 4.78 is 14.0. The zero-order valence-corrected chi connectivity index (χ0v) is 23.0. The summed E-state index contributed by atoms with van der Waals surface area (Å²) in [5.41, 5.74) is 2.44. The van der Waals surface area contributed by atoms with Gasteiger partial charge in [-0.05, 0) is 96.0 Å². The molecule has 0 atom stereocenters. The summed E-state index contributed by atoms with van der Waals surface area (Å²) in [7, 11) is 0. The molecule has 1 saturated heterocycles. The van der Waals surface area contributed by atoms with Gasteiger partial charge in [0.2, 0.25) is 0 Å². The number of hydrogen-bond acceptors (Lipinski definition) is 4. The van der Waals surface area contributed by atoms with Crippen LogP contribution in [-0.4, -0.2) is 28.6 Å². The highest BCUT2D eigenvalue weighted by Crippen LogP contribution is 2.36. The third-order valence-electron chi connectivity index (χ3n) is 5.79. The maximum absolute atomic E-state index is 13.1. The first-order valence-electron chi connectivity index (χ1n) is 11.2. The van der Waals surface area contributed by atoms with Crippen LogP contribution in [0.2, 0.25) is 0 Å². The molecule has 4 rings (SSSR count). The third kappa shape index (κ3) is 5.89. The van der Waals surface area contributed by atoms with Gasteiger partial charge in [0.05, 0.1) is 10.2 Å². The number of nitrogens with zero attached hydrogens (tertiary/aromatic N) is 1. The number of carbonyl (C=O) groups is 1. The fourth-order valence-electron chi connectivity index (χ4n) is 4.20. The lowest BCUT2D eigenvalue weighted by molar-refractivity contribution is -0.124. The van der Waals surface area contributed by atoms with Crippen LogP contribution in [0.3, 0.4) is 0 Å². The molecule has 5 nitrogen and oxygen atoms in total. The summed E-state index contributed by atoms with van der Waals surface area (Å²) in [5.74, 6) is 1.31. The molecule has 0 aromatic heterocycles. The topological polar surface area (TPSA) is 50.8 Å². The SMILES string of the molecule is CCOc1cc(/C=C2\NC(=S)N(C3CCCCC3)C2=O)cc(I)c1OCc1ccc(Br)cc1. The summed E-state index contributed by atoms with van der Waals surface area (Å²) in [6, 6.07) is 12.1. The number of thiocarbonyl (C=S) groups is 1. The van der Waals surface area contributed by atoms with E-state index in [1.165, 1.54) is 6.42 Å². The minimum Gasteiger partial charge on any atom is -0.490 e. The Bertz CT molecular complexity index is 1070. The average molecular weight is 641 g/mol. The summed E-state index contributed by atoms with van der Waals surface area (Å²) in [4.78, 5) is 14.9. The number of rotatable bonds is 7. The second kappa shape index (κ2) is 11.2. The van der Waals surface area contributed by atoms with Crippen molar-refractivity contribution in [3.63, 3.8) is 0 Å². The van der Waals surface area contributed by atoms with Crippen LogP contribution in [-0.2, 0) is 11.4 Å². The van der Waals surface area contributed by atoms with Gasteiger partial charge < -0.3 is 14.8 Å². The Labute approximate surface area is 222 Å². The molecule has 2 fully saturated rings. The second-order valence-corrected chi connectivity index (χ2v) is 10.6. The lowest BCUT2D eigenvalue weighted by Crippen LogP contribution is -2.41. The van der Waals surface area contributed by atoms with E-state index in [0.717, 1.165) is 44.9 Å². The number of amides is 1. The summed E-state index contributed by atoms with van der Waals surface area (Å²) in [5, 5.41) is 3.63. The predicted molar refractivity (Wildman–Crippen MR) is 146 cm³/mol. The second-order valence-electron chi connectivity index (χ2n) is 8.13. The standard InChI is InChI=1S/C25H26BrIN2O3S/c1-2-31-22-14-17(12-20(27)23(22)32-15-16-8-10-18(26)11-9-16)13-21-24(30)29(25(33)28-21)19-6-4-3-5-7-19/h8-14,19H,2-7,15H2,1H3,(H,28,33)/b21-13-. The largest absolute Gasteiger partial charge is 0.490 e. The quantitative estimate of drug-likeness (QED) is 0.215. The van der Waals surface area contributed by atoms with Crippen molar-refractivity contribution in [2.75, 3.05) is 6.61 Å². The first-order valence-corrected chi connectivity index (χ1v) is 13.4. The van der Waals surface area contributed by atoms with Gasteiger partial charge in [0.1, 0.15) is 12.3 Å². The van der Waals surface area contributed by atoms with Crippen LogP contribution in [0.15, 0.2) is 46.6 Å². The minimum absolute atomic E-state index is 0.0459. The highest BCUT2D eigenvalue weighted by molar-refractivity contribution is 14.1. The van der Waals surface area contributed by atoms with Crippen LogP contribution in [0.25, 0.3) is 6.08 Å². The van der Waals surface area contributed by atoms with Gasteiger partial charge in [-0.1, -0.05) is 47.3 Å². The Kier molecular flexibility index (Phi) is 8.29. The Hall–Kier alpha value is -1.65. The molecule has 1 N–H and O–H groups in total. The fraction of sp³-hybridized carbons (Fsp3) is 0.360. The molecule has 2 aromatic carbocycles. The maximum atomic E-state index is 13.1. The molecule has 1 saturated carbocycles. The van der Waals surface area contributed by atoms with Gasteiger partial charge in [0.25, 0.3) is 5.91 Å². The van der Waals surface area contributed by atoms with Crippen LogP contribution in [0.4, 0.5) is 0 Å². The van der Waals surface area contributed by atoms with E-state index in [4.69, 9.17) is 21.7 Å². The van der Waals surface area contributed by atoms with Crippen molar-refractivity contribution in [1.82, 2.24) is 10.2 Å². The lowest BCUT2D eigenvalue weighted by Gasteiger charge is -2.29. The molecule has 2 aromatic rings. The van der Waals surface area contributed by atoms with Crippen LogP contribution < -0.4 is 14.8 Å². The molecule has 0 radical (unpaired) electrons. The molecule has 1 aliphatic heterocycles. The van der Waals surface area contributed by atoms with Crippen LogP contribution in [0, 0.1) is 3.57 Å². The van der Waals surface area contributed by atoms with Crippen molar-refractivity contribution < 1.29 is 14.3 Å². The number of carbonyl (C=O) groups excluding carboxylic acids is 1. The Morgan fingerprint density at radius 3 is 2.61 bits per heavy atom. The molecule has 0 unspecified atom stereocenters. The van der Waals surface area contributed by atoms with E-state index in [9.17, 15) is 4.79 Å². The van der Waals surface area contributed by atoms with Gasteiger partial charge >= 0.3 is 0 Å². The van der Waals surface area contributed by atoms with Gasteiger partial charge in [0, 0.05) is 10.5 Å². The van der Waals surface area contributed by atoms with E-state index in [2.05, 4.69) is 43.8 Å². The van der Waals surface area contributed by atoms with Crippen molar-refractivity contribution in [1.29, 1.82) is 0 Å². The summed E-state index contributed by atoms with van der Waals surface area (Å²) in [6.07, 6.45) is 7.40. The van der Waals surface area contributed by atoms with Crippen molar-refractivity contribution in [2.45, 2.75) is 51.7 Å². The predicted octanol–water partition coefficient (Wildman–Crippen LogP) is 6.42. The normalized spacial score (nSPS) is 18.0. The maximum Gasteiger partial charge on any atom is 0.276 e. The van der Waals surface area contributed by atoms with E-state index in [-0.39, 0.29) is 11.9 Å². The van der Waals surface area contributed by atoms with Crippen molar-refractivity contribution >= 4 is 67.8 Å². The zero-order valence-electron chi connectivity index (χ0n) is 18.4. The van der Waals surface area contributed by atoms with E-state index in [1.807, 2.05) is 49.4 Å². The number of halogens is 2. The van der Waals surface area contributed by atoms with E-state index in [1.54, 1.807) is 4.90 Å². The molecule has 1 heterocycles. The van der Waals surface area contributed by atoms with Gasteiger partial charge in [0.15, 0.2) is 16.6 Å². The number of ether oxygens (including phenoxy) is 2. The van der Waals surface area contributed by atoms with Gasteiger partial charge in [-0.3, -0.25) is 9.69 Å². The average Bonchev–Trinajstić information content (AvgIpc) is 3.08. The Morgan fingerprint density at radius 2 is 1.91 bits per heavy atom. The van der Waals surface area contributed by atoms with E-state index in [0.29, 0.717) is 35.5 Å². The summed E-state index contributed by atoms with van der Waals surface area (Å²) in [6.45, 7) is 2.90. The van der Waals surface area contributed by atoms with E-state index >= 15 is 0 Å². The number of hydrogen-bond donors (Lipinski definition) is 1. The molecule has 33 heavy (non-hydrogen) atoms. The molecule has 1 aliphatic carbocycles. The van der Waals surface area contributed by atoms with Crippen LogP contribution >= 0.6 is 50.7 Å². The molecular weight excluding hydrogens is 615 g/mol. The molecule has 1 amide bonds. The Morgan fingerprint density at radius 1 is 1.18 bits per heavy atom. The van der Waals surface area contributed by atoms with E-state index < -0.39 is 0 Å². The van der Waals surface area contributed by atoms with Gasteiger partial charge in [-0.25, -0.2) is 0 Å². The molecular formula is C25H26BrIN2O3S. The molecule has 8 heteroatoms. The van der Waals surface area contributed by atoms with Crippen molar-refractivity contribution in [3.8, 4) is 11.5 Å². The van der Waals surface area contributed by atoms with Crippen LogP contribution in [0.1, 0.15) is 50.2 Å². The minimum atomic E-state index is -0.0459. The van der Waals surface area contributed by atoms with Crippen molar-refractivity contribution in [2.24, 2.45) is 0 Å². The number of nitrogens with one attached hydrogen (secondary N) is 1. The first kappa shape index (κ1) is 24.5. The lowest BCUT2D eigenvalue weighted by atomic mass is 9.94. The molecule has 174 valence electrons. The molecule has 2 aliphatic rings. The summed E-state index contributed by atoms with van der Waals surface area (Å²) >= 11 is 11.2. The third-order valence-corrected chi connectivity index (χ3v) is 7.42. The molecule has 0 spiro atoms. The highest BCUT2D eigenvalue weighted by Gasteiger charge is 2.36. The molecule has 0 bridgehead atoms. The monoisotopic (exact) mass is 640 g/mol. The highest BCUT2D eigenvalue weighted by atomic mass is 127. The first-order chi connectivity index (χ1) is 16.0. The van der Waals surface area contributed by atoms with Gasteiger partial charge in [-0.15, -0.1) is 0 Å². The Balaban J connectivity index is 1.55. The van der Waals surface area contributed by atoms with Gasteiger partial charge in [-0.2, -0.15) is 0 Å². The smallest absolute Gasteiger partial charge is 0.276 e. The van der Waals surface area contributed by atoms with Crippen molar-refractivity contribution in [3.05, 3.63) is 61.3 Å².